The number of fused-ring (bicyclic) bond motifs is 1. The molecule has 0 atom stereocenters. The van der Waals surface area contributed by atoms with Gasteiger partial charge in [0.05, 0.1) is 0 Å². The lowest BCUT2D eigenvalue weighted by molar-refractivity contribution is 0.803. The lowest BCUT2D eigenvalue weighted by atomic mass is 10.0. The van der Waals surface area contributed by atoms with Gasteiger partial charge in [0.2, 0.25) is 0 Å². The molecular formula is C23H20N2. The van der Waals surface area contributed by atoms with E-state index in [2.05, 4.69) is 94.8 Å². The Labute approximate surface area is 148 Å². The van der Waals surface area contributed by atoms with Crippen LogP contribution in [0.25, 0.3) is 10.8 Å². The predicted molar refractivity (Wildman–Crippen MR) is 105 cm³/mol. The summed E-state index contributed by atoms with van der Waals surface area (Å²) in [5, 5.41) is 2.60. The molecule has 0 aliphatic rings. The van der Waals surface area contributed by atoms with Gasteiger partial charge in [0.15, 0.2) is 0 Å². The average Bonchev–Trinajstić information content (AvgIpc) is 2.69. The third-order valence-corrected chi connectivity index (χ3v) is 4.49. The van der Waals surface area contributed by atoms with Crippen molar-refractivity contribution in [2.24, 2.45) is 0 Å². The Morgan fingerprint density at radius 1 is 0.640 bits per heavy atom. The summed E-state index contributed by atoms with van der Waals surface area (Å²) in [6, 6.07) is 29.9. The van der Waals surface area contributed by atoms with Crippen LogP contribution in [0.5, 0.6) is 0 Å². The van der Waals surface area contributed by atoms with Crippen molar-refractivity contribution >= 4 is 16.5 Å². The van der Waals surface area contributed by atoms with Gasteiger partial charge in [0, 0.05) is 31.2 Å². The van der Waals surface area contributed by atoms with Gasteiger partial charge in [-0.3, -0.25) is 4.98 Å². The highest BCUT2D eigenvalue weighted by molar-refractivity contribution is 5.85. The van der Waals surface area contributed by atoms with Crippen molar-refractivity contribution in [1.82, 2.24) is 4.98 Å². The van der Waals surface area contributed by atoms with Crippen LogP contribution in [0, 0.1) is 0 Å². The summed E-state index contributed by atoms with van der Waals surface area (Å²) in [5.74, 6) is 0. The summed E-state index contributed by atoms with van der Waals surface area (Å²) in [6.45, 7) is 1.73. The number of rotatable bonds is 5. The van der Waals surface area contributed by atoms with Crippen molar-refractivity contribution in [2.75, 3.05) is 4.90 Å². The number of aromatic nitrogens is 1. The molecule has 2 nitrogen and oxygen atoms in total. The number of hydrogen-bond donors (Lipinski definition) is 0. The minimum atomic E-state index is 0.861. The molecule has 0 aliphatic heterocycles. The number of pyridine rings is 1. The second-order valence-electron chi connectivity index (χ2n) is 6.19. The van der Waals surface area contributed by atoms with Gasteiger partial charge < -0.3 is 4.90 Å². The van der Waals surface area contributed by atoms with Crippen molar-refractivity contribution in [1.29, 1.82) is 0 Å². The molecule has 0 saturated carbocycles. The zero-order valence-corrected chi connectivity index (χ0v) is 14.0. The second-order valence-corrected chi connectivity index (χ2v) is 6.19. The van der Waals surface area contributed by atoms with Gasteiger partial charge >= 0.3 is 0 Å². The Morgan fingerprint density at radius 2 is 1.36 bits per heavy atom. The largest absolute Gasteiger partial charge is 0.363 e. The molecule has 25 heavy (non-hydrogen) atoms. The van der Waals surface area contributed by atoms with Crippen LogP contribution < -0.4 is 4.90 Å². The van der Waals surface area contributed by atoms with Crippen LogP contribution in [0.15, 0.2) is 97.3 Å². The van der Waals surface area contributed by atoms with E-state index in [4.69, 9.17) is 0 Å². The molecule has 0 aliphatic carbocycles. The van der Waals surface area contributed by atoms with Crippen molar-refractivity contribution in [2.45, 2.75) is 13.1 Å². The molecule has 1 aromatic heterocycles. The number of benzene rings is 3. The molecule has 2 heteroatoms. The summed E-state index contributed by atoms with van der Waals surface area (Å²) in [4.78, 5) is 6.57. The lowest BCUT2D eigenvalue weighted by Gasteiger charge is -2.25. The molecule has 0 radical (unpaired) electrons. The van der Waals surface area contributed by atoms with Gasteiger partial charge in [-0.2, -0.15) is 0 Å². The highest BCUT2D eigenvalue weighted by Crippen LogP contribution is 2.24. The summed E-state index contributed by atoms with van der Waals surface area (Å²) in [7, 11) is 0. The van der Waals surface area contributed by atoms with E-state index in [-0.39, 0.29) is 0 Å². The molecule has 0 bridgehead atoms. The maximum atomic E-state index is 4.17. The monoisotopic (exact) mass is 324 g/mol. The Kier molecular flexibility index (Phi) is 4.42. The molecule has 0 saturated heterocycles. The van der Waals surface area contributed by atoms with Gasteiger partial charge in [-0.1, -0.05) is 72.8 Å². The van der Waals surface area contributed by atoms with Crippen molar-refractivity contribution in [3.05, 3.63) is 108 Å². The van der Waals surface area contributed by atoms with E-state index in [1.165, 1.54) is 27.6 Å². The van der Waals surface area contributed by atoms with E-state index in [0.717, 1.165) is 13.1 Å². The number of nitrogens with zero attached hydrogens (tertiary/aromatic N) is 2. The van der Waals surface area contributed by atoms with E-state index in [1.54, 1.807) is 0 Å². The molecule has 0 amide bonds. The summed E-state index contributed by atoms with van der Waals surface area (Å²) in [6.07, 6.45) is 3.72. The SMILES string of the molecule is c1ccc(CN(Cc2cccc3ccccc23)c2ccncc2)cc1. The van der Waals surface area contributed by atoms with Gasteiger partial charge in [0.25, 0.3) is 0 Å². The molecular weight excluding hydrogens is 304 g/mol. The molecule has 1 heterocycles. The Balaban J connectivity index is 1.70. The molecule has 0 spiro atoms. The van der Waals surface area contributed by atoms with Crippen molar-refractivity contribution < 1.29 is 0 Å². The third-order valence-electron chi connectivity index (χ3n) is 4.49. The van der Waals surface area contributed by atoms with E-state index in [1.807, 2.05) is 12.4 Å². The predicted octanol–water partition coefficient (Wildman–Crippen LogP) is 5.44. The van der Waals surface area contributed by atoms with Crippen LogP contribution in [0.2, 0.25) is 0 Å². The molecule has 3 aromatic carbocycles. The Hall–Kier alpha value is -3.13. The zero-order chi connectivity index (χ0) is 16.9. The van der Waals surface area contributed by atoms with Crippen LogP contribution in [0.4, 0.5) is 5.69 Å². The van der Waals surface area contributed by atoms with Gasteiger partial charge in [-0.25, -0.2) is 0 Å². The normalized spacial score (nSPS) is 10.7. The standard InChI is InChI=1S/C23H20N2/c1-2-7-19(8-3-1)17-25(22-13-15-24-16-14-22)18-21-11-6-10-20-9-4-5-12-23(20)21/h1-16H,17-18H2. The average molecular weight is 324 g/mol. The minimum Gasteiger partial charge on any atom is -0.363 e. The fourth-order valence-corrected chi connectivity index (χ4v) is 3.23. The minimum absolute atomic E-state index is 0.861. The smallest absolute Gasteiger partial charge is 0.0439 e. The first-order valence-corrected chi connectivity index (χ1v) is 8.56. The highest BCUT2D eigenvalue weighted by Gasteiger charge is 2.10. The topological polar surface area (TPSA) is 16.1 Å². The highest BCUT2D eigenvalue weighted by atomic mass is 15.1. The molecule has 122 valence electrons. The van der Waals surface area contributed by atoms with E-state index < -0.39 is 0 Å². The number of hydrogen-bond acceptors (Lipinski definition) is 2. The molecule has 4 rings (SSSR count). The Bertz CT molecular complexity index is 944. The fraction of sp³-hybridized carbons (Fsp3) is 0.0870. The first-order chi connectivity index (χ1) is 12.4. The first-order valence-electron chi connectivity index (χ1n) is 8.56. The Morgan fingerprint density at radius 3 is 2.20 bits per heavy atom. The summed E-state index contributed by atoms with van der Waals surface area (Å²) < 4.78 is 0. The zero-order valence-electron chi connectivity index (χ0n) is 14.0. The van der Waals surface area contributed by atoms with Crippen molar-refractivity contribution in [3.8, 4) is 0 Å². The first kappa shape index (κ1) is 15.4. The van der Waals surface area contributed by atoms with Crippen LogP contribution in [-0.2, 0) is 13.1 Å². The molecule has 0 unspecified atom stereocenters. The van der Waals surface area contributed by atoms with Crippen molar-refractivity contribution in [3.63, 3.8) is 0 Å². The van der Waals surface area contributed by atoms with Gasteiger partial charge in [0.1, 0.15) is 0 Å². The van der Waals surface area contributed by atoms with E-state index in [0.29, 0.717) is 0 Å². The van der Waals surface area contributed by atoms with Gasteiger partial charge in [-0.05, 0) is 34.0 Å². The summed E-state index contributed by atoms with van der Waals surface area (Å²) >= 11 is 0. The molecule has 0 N–H and O–H groups in total. The quantitative estimate of drug-likeness (QED) is 0.486. The molecule has 4 aromatic rings. The van der Waals surface area contributed by atoms with E-state index >= 15 is 0 Å². The van der Waals surface area contributed by atoms with Crippen LogP contribution in [0.1, 0.15) is 11.1 Å². The van der Waals surface area contributed by atoms with Crippen LogP contribution in [-0.4, -0.2) is 4.98 Å². The van der Waals surface area contributed by atoms with E-state index in [9.17, 15) is 0 Å². The molecule has 0 fully saturated rings. The second kappa shape index (κ2) is 7.18. The summed E-state index contributed by atoms with van der Waals surface area (Å²) in [5.41, 5.74) is 3.83. The van der Waals surface area contributed by atoms with Crippen LogP contribution >= 0.6 is 0 Å². The maximum absolute atomic E-state index is 4.17. The maximum Gasteiger partial charge on any atom is 0.0439 e. The lowest BCUT2D eigenvalue weighted by Crippen LogP contribution is -2.22. The van der Waals surface area contributed by atoms with Crippen LogP contribution in [0.3, 0.4) is 0 Å². The van der Waals surface area contributed by atoms with Gasteiger partial charge in [-0.15, -0.1) is 0 Å². The number of anilines is 1. The fourth-order valence-electron chi connectivity index (χ4n) is 3.23. The third kappa shape index (κ3) is 3.53.